The Kier molecular flexibility index (Phi) is 4.59. The number of carbonyl (C=O) groups excluding carboxylic acids is 2. The molecule has 1 aliphatic carbocycles. The fraction of sp³-hybridized carbons (Fsp3) is 0.545. The molecule has 148 valence electrons. The average Bonchev–Trinajstić information content (AvgIpc) is 3.37. The number of piperazine rings is 1. The number of nitrogens with zero attached hydrogens (tertiary/aromatic N) is 2. The van der Waals surface area contributed by atoms with Crippen LogP contribution >= 0.6 is 0 Å². The lowest BCUT2D eigenvalue weighted by molar-refractivity contribution is -0.134. The number of amides is 2. The van der Waals surface area contributed by atoms with E-state index in [9.17, 15) is 9.59 Å². The number of hydrogen-bond acceptors (Lipinski definition) is 3. The van der Waals surface area contributed by atoms with Gasteiger partial charge in [0.15, 0.2) is 0 Å². The molecule has 3 fully saturated rings. The van der Waals surface area contributed by atoms with Gasteiger partial charge >= 0.3 is 0 Å². The predicted octanol–water partition coefficient (Wildman–Crippen LogP) is 2.37. The molecule has 3 unspecified atom stereocenters. The topological polar surface area (TPSA) is 68.4 Å². The van der Waals surface area contributed by atoms with Crippen LogP contribution in [0.3, 0.4) is 0 Å². The van der Waals surface area contributed by atoms with Gasteiger partial charge < -0.3 is 20.1 Å². The third-order valence-corrected chi connectivity index (χ3v) is 6.80. The van der Waals surface area contributed by atoms with Gasteiger partial charge in [-0.3, -0.25) is 9.59 Å². The van der Waals surface area contributed by atoms with Crippen molar-refractivity contribution in [3.05, 3.63) is 36.0 Å². The molecular weight excluding hydrogens is 352 g/mol. The summed E-state index contributed by atoms with van der Waals surface area (Å²) in [5.41, 5.74) is 1.61. The maximum atomic E-state index is 13.0. The van der Waals surface area contributed by atoms with Crippen LogP contribution < -0.4 is 5.32 Å². The highest BCUT2D eigenvalue weighted by Gasteiger charge is 2.40. The first-order chi connectivity index (χ1) is 13.7. The van der Waals surface area contributed by atoms with Crippen molar-refractivity contribution in [3.8, 4) is 0 Å². The molecule has 2 N–H and O–H groups in total. The summed E-state index contributed by atoms with van der Waals surface area (Å²) in [6.07, 6.45) is 6.04. The van der Waals surface area contributed by atoms with Crippen LogP contribution in [0.4, 0.5) is 0 Å². The van der Waals surface area contributed by atoms with Crippen LogP contribution in [0.25, 0.3) is 10.9 Å². The Labute approximate surface area is 165 Å². The summed E-state index contributed by atoms with van der Waals surface area (Å²) in [7, 11) is 0. The average molecular weight is 380 g/mol. The van der Waals surface area contributed by atoms with Gasteiger partial charge in [0.05, 0.1) is 6.04 Å². The van der Waals surface area contributed by atoms with Gasteiger partial charge in [-0.1, -0.05) is 31.0 Å². The van der Waals surface area contributed by atoms with Gasteiger partial charge in [-0.25, -0.2) is 0 Å². The molecule has 6 nitrogen and oxygen atoms in total. The van der Waals surface area contributed by atoms with Gasteiger partial charge in [-0.2, -0.15) is 0 Å². The van der Waals surface area contributed by atoms with Crippen molar-refractivity contribution >= 4 is 22.7 Å². The van der Waals surface area contributed by atoms with Crippen LogP contribution in [0, 0.1) is 5.92 Å². The van der Waals surface area contributed by atoms with E-state index in [1.165, 1.54) is 25.7 Å². The van der Waals surface area contributed by atoms with E-state index in [1.54, 1.807) is 0 Å². The Morgan fingerprint density at radius 1 is 0.964 bits per heavy atom. The van der Waals surface area contributed by atoms with Crippen LogP contribution in [0.5, 0.6) is 0 Å². The Hall–Kier alpha value is -2.34. The molecule has 3 atom stereocenters. The lowest BCUT2D eigenvalue weighted by Gasteiger charge is -2.35. The van der Waals surface area contributed by atoms with Crippen molar-refractivity contribution in [2.24, 2.45) is 5.92 Å². The Balaban J connectivity index is 1.19. The minimum atomic E-state index is -0.0240. The number of hydrogen-bond donors (Lipinski definition) is 2. The van der Waals surface area contributed by atoms with E-state index in [2.05, 4.69) is 10.3 Å². The summed E-state index contributed by atoms with van der Waals surface area (Å²) in [5, 5.41) is 4.64. The SMILES string of the molecule is O=C(c1cc2ccccc2[nH]1)N1CCN(C(=O)C2CC3CCCCC3N2)CC1. The minimum Gasteiger partial charge on any atom is -0.351 e. The molecule has 0 spiro atoms. The van der Waals surface area contributed by atoms with E-state index < -0.39 is 0 Å². The molecule has 0 bridgehead atoms. The lowest BCUT2D eigenvalue weighted by Crippen LogP contribution is -2.54. The van der Waals surface area contributed by atoms with Crippen LogP contribution in [-0.4, -0.2) is 64.9 Å². The normalized spacial score (nSPS) is 27.8. The molecule has 3 aliphatic rings. The Bertz CT molecular complexity index is 837. The third kappa shape index (κ3) is 3.20. The largest absolute Gasteiger partial charge is 0.351 e. The van der Waals surface area contributed by atoms with E-state index in [-0.39, 0.29) is 17.9 Å². The molecule has 1 aromatic carbocycles. The molecule has 6 heteroatoms. The van der Waals surface area contributed by atoms with Gasteiger partial charge in [0.1, 0.15) is 5.69 Å². The number of carbonyl (C=O) groups is 2. The molecule has 2 aliphatic heterocycles. The summed E-state index contributed by atoms with van der Waals surface area (Å²) in [6.45, 7) is 2.44. The zero-order valence-corrected chi connectivity index (χ0v) is 16.2. The molecule has 2 amide bonds. The highest BCUT2D eigenvalue weighted by Crippen LogP contribution is 2.33. The second-order valence-electron chi connectivity index (χ2n) is 8.49. The lowest BCUT2D eigenvalue weighted by atomic mass is 9.85. The van der Waals surface area contributed by atoms with Gasteiger partial charge in [0, 0.05) is 43.1 Å². The number of para-hydroxylation sites is 1. The first-order valence-electron chi connectivity index (χ1n) is 10.6. The number of aromatic nitrogens is 1. The maximum absolute atomic E-state index is 13.0. The number of nitrogens with one attached hydrogen (secondary N) is 2. The second kappa shape index (κ2) is 7.24. The van der Waals surface area contributed by atoms with Gasteiger partial charge in [0.25, 0.3) is 5.91 Å². The number of rotatable bonds is 2. The molecule has 2 aromatic rings. The monoisotopic (exact) mass is 380 g/mol. The van der Waals surface area contributed by atoms with E-state index in [0.717, 1.165) is 17.3 Å². The van der Waals surface area contributed by atoms with Crippen molar-refractivity contribution in [2.45, 2.75) is 44.2 Å². The van der Waals surface area contributed by atoms with Crippen LogP contribution in [0.1, 0.15) is 42.6 Å². The van der Waals surface area contributed by atoms with Gasteiger partial charge in [0.2, 0.25) is 5.91 Å². The molecule has 5 rings (SSSR count). The van der Waals surface area contributed by atoms with Crippen LogP contribution in [0.15, 0.2) is 30.3 Å². The van der Waals surface area contributed by atoms with E-state index in [1.807, 2.05) is 40.1 Å². The third-order valence-electron chi connectivity index (χ3n) is 6.80. The fourth-order valence-corrected chi connectivity index (χ4v) is 5.22. The highest BCUT2D eigenvalue weighted by molar-refractivity contribution is 5.98. The highest BCUT2D eigenvalue weighted by atomic mass is 16.2. The van der Waals surface area contributed by atoms with E-state index in [4.69, 9.17) is 0 Å². The fourth-order valence-electron chi connectivity index (χ4n) is 5.22. The standard InChI is InChI=1S/C22H28N4O2/c27-21(19-13-15-5-1-3-7-17(15)23-19)25-9-11-26(12-10-25)22(28)20-14-16-6-2-4-8-18(16)24-20/h1,3,5,7,13,16,18,20,23-24H,2,4,6,8-12,14H2. The maximum Gasteiger partial charge on any atom is 0.270 e. The zero-order valence-electron chi connectivity index (χ0n) is 16.2. The van der Waals surface area contributed by atoms with Crippen LogP contribution in [-0.2, 0) is 4.79 Å². The molecule has 1 saturated carbocycles. The molecule has 3 heterocycles. The van der Waals surface area contributed by atoms with Crippen molar-refractivity contribution in [2.75, 3.05) is 26.2 Å². The second-order valence-corrected chi connectivity index (χ2v) is 8.49. The quantitative estimate of drug-likeness (QED) is 0.841. The smallest absolute Gasteiger partial charge is 0.270 e. The van der Waals surface area contributed by atoms with Crippen molar-refractivity contribution in [1.82, 2.24) is 20.1 Å². The first kappa shape index (κ1) is 17.7. The number of aromatic amines is 1. The number of fused-ring (bicyclic) bond motifs is 2. The summed E-state index contributed by atoms with van der Waals surface area (Å²) in [4.78, 5) is 32.8. The van der Waals surface area contributed by atoms with Crippen molar-refractivity contribution in [3.63, 3.8) is 0 Å². The van der Waals surface area contributed by atoms with Crippen molar-refractivity contribution < 1.29 is 9.59 Å². The molecule has 1 aromatic heterocycles. The number of benzene rings is 1. The Morgan fingerprint density at radius 2 is 1.71 bits per heavy atom. The summed E-state index contributed by atoms with van der Waals surface area (Å²) < 4.78 is 0. The molecule has 0 radical (unpaired) electrons. The Morgan fingerprint density at radius 3 is 2.50 bits per heavy atom. The summed E-state index contributed by atoms with van der Waals surface area (Å²) >= 11 is 0. The van der Waals surface area contributed by atoms with Crippen molar-refractivity contribution in [1.29, 1.82) is 0 Å². The summed E-state index contributed by atoms with van der Waals surface area (Å²) in [6, 6.07) is 10.4. The first-order valence-corrected chi connectivity index (χ1v) is 10.6. The van der Waals surface area contributed by atoms with Gasteiger partial charge in [-0.05, 0) is 37.3 Å². The molecule has 2 saturated heterocycles. The number of H-pyrrole nitrogens is 1. The molecular formula is C22H28N4O2. The van der Waals surface area contributed by atoms with Crippen LogP contribution in [0.2, 0.25) is 0 Å². The van der Waals surface area contributed by atoms with Gasteiger partial charge in [-0.15, -0.1) is 0 Å². The van der Waals surface area contributed by atoms with E-state index in [0.29, 0.717) is 43.8 Å². The van der Waals surface area contributed by atoms with E-state index >= 15 is 0 Å². The summed E-state index contributed by atoms with van der Waals surface area (Å²) in [5.74, 6) is 0.924. The molecule has 28 heavy (non-hydrogen) atoms. The predicted molar refractivity (Wildman–Crippen MR) is 108 cm³/mol. The zero-order chi connectivity index (χ0) is 19.1. The minimum absolute atomic E-state index is 0.0216.